The predicted octanol–water partition coefficient (Wildman–Crippen LogP) is 2.38. The number of aryl methyl sites for hydroxylation is 1. The van der Waals surface area contributed by atoms with E-state index in [1.807, 2.05) is 6.92 Å². The molecule has 0 amide bonds. The average molecular weight is 264 g/mol. The Labute approximate surface area is 108 Å². The molecule has 0 spiro atoms. The normalized spacial score (nSPS) is 10.6. The predicted molar refractivity (Wildman–Crippen MR) is 68.1 cm³/mol. The molecular formula is C12H12N2O3S. The van der Waals surface area contributed by atoms with Crippen LogP contribution in [-0.4, -0.2) is 28.3 Å². The molecule has 0 saturated carbocycles. The van der Waals surface area contributed by atoms with E-state index in [1.54, 1.807) is 6.92 Å². The van der Waals surface area contributed by atoms with E-state index < -0.39 is 5.97 Å². The topological polar surface area (TPSA) is 69.2 Å². The number of Topliss-reactive ketones (excluding diaryl/α,β-unsaturated/α-hetero) is 1. The van der Waals surface area contributed by atoms with Gasteiger partial charge in [0.1, 0.15) is 10.3 Å². The number of esters is 1. The van der Waals surface area contributed by atoms with Gasteiger partial charge in [-0.15, -0.1) is 0 Å². The van der Waals surface area contributed by atoms with Crippen LogP contribution >= 0.6 is 11.3 Å². The maximum atomic E-state index is 11.8. The Morgan fingerprint density at radius 3 is 2.78 bits per heavy atom. The molecule has 2 aromatic heterocycles. The molecular weight excluding hydrogens is 252 g/mol. The molecule has 2 aromatic rings. The second kappa shape index (κ2) is 4.81. The Balaban J connectivity index is 2.70. The quantitative estimate of drug-likeness (QED) is 0.629. The number of carbonyl (C=O) groups excluding carboxylic acids is 2. The Hall–Kier alpha value is -1.82. The zero-order valence-electron chi connectivity index (χ0n) is 10.3. The third-order valence-electron chi connectivity index (χ3n) is 2.38. The molecule has 0 N–H and O–H groups in total. The van der Waals surface area contributed by atoms with E-state index in [0.29, 0.717) is 15.9 Å². The van der Waals surface area contributed by atoms with E-state index in [0.717, 1.165) is 5.01 Å². The molecule has 0 bridgehead atoms. The zero-order chi connectivity index (χ0) is 13.3. The van der Waals surface area contributed by atoms with E-state index in [4.69, 9.17) is 4.74 Å². The van der Waals surface area contributed by atoms with E-state index in [-0.39, 0.29) is 18.0 Å². The highest BCUT2D eigenvalue weighted by atomic mass is 32.1. The summed E-state index contributed by atoms with van der Waals surface area (Å²) in [5.74, 6) is -0.751. The van der Waals surface area contributed by atoms with Crippen molar-refractivity contribution >= 4 is 33.4 Å². The molecule has 0 fully saturated rings. The van der Waals surface area contributed by atoms with Crippen molar-refractivity contribution in [2.24, 2.45) is 0 Å². The highest BCUT2D eigenvalue weighted by Gasteiger charge is 2.21. The van der Waals surface area contributed by atoms with Crippen molar-refractivity contribution in [3.05, 3.63) is 22.3 Å². The largest absolute Gasteiger partial charge is 0.462 e. The van der Waals surface area contributed by atoms with Gasteiger partial charge in [-0.25, -0.2) is 14.8 Å². The van der Waals surface area contributed by atoms with Crippen LogP contribution in [0.5, 0.6) is 0 Å². The van der Waals surface area contributed by atoms with E-state index >= 15 is 0 Å². The molecule has 6 heteroatoms. The number of ketones is 1. The molecule has 2 rings (SSSR count). The number of hydrogen-bond donors (Lipinski definition) is 0. The van der Waals surface area contributed by atoms with Crippen LogP contribution in [0.3, 0.4) is 0 Å². The summed E-state index contributed by atoms with van der Waals surface area (Å²) in [6.07, 6.45) is 1.38. The Morgan fingerprint density at radius 2 is 2.17 bits per heavy atom. The first-order valence-corrected chi connectivity index (χ1v) is 6.30. The molecule has 5 nitrogen and oxygen atoms in total. The summed E-state index contributed by atoms with van der Waals surface area (Å²) >= 11 is 1.39. The number of ether oxygens (including phenoxy) is 1. The van der Waals surface area contributed by atoms with Crippen molar-refractivity contribution < 1.29 is 14.3 Å². The Bertz CT molecular complexity index is 634. The lowest BCUT2D eigenvalue weighted by Gasteiger charge is -2.06. The molecule has 0 atom stereocenters. The average Bonchev–Trinajstić information content (AvgIpc) is 2.67. The van der Waals surface area contributed by atoms with Gasteiger partial charge in [0.15, 0.2) is 5.78 Å². The smallest absolute Gasteiger partial charge is 0.340 e. The van der Waals surface area contributed by atoms with E-state index in [9.17, 15) is 9.59 Å². The van der Waals surface area contributed by atoms with Gasteiger partial charge in [0, 0.05) is 6.20 Å². The molecule has 0 aliphatic carbocycles. The number of pyridine rings is 1. The van der Waals surface area contributed by atoms with E-state index in [2.05, 4.69) is 9.97 Å². The molecule has 0 aliphatic rings. The summed E-state index contributed by atoms with van der Waals surface area (Å²) in [5.41, 5.74) is 0.959. The van der Waals surface area contributed by atoms with Crippen LogP contribution in [0.2, 0.25) is 0 Å². The van der Waals surface area contributed by atoms with Crippen molar-refractivity contribution in [3.63, 3.8) is 0 Å². The van der Waals surface area contributed by atoms with Gasteiger partial charge in [0.25, 0.3) is 0 Å². The number of hydrogen-bond acceptors (Lipinski definition) is 6. The van der Waals surface area contributed by atoms with Gasteiger partial charge in [-0.2, -0.15) is 0 Å². The minimum Gasteiger partial charge on any atom is -0.462 e. The Kier molecular flexibility index (Phi) is 3.38. The molecule has 18 heavy (non-hydrogen) atoms. The molecule has 0 aromatic carbocycles. The fraction of sp³-hybridized carbons (Fsp3) is 0.333. The van der Waals surface area contributed by atoms with Gasteiger partial charge in [-0.05, 0) is 20.8 Å². The fourth-order valence-electron chi connectivity index (χ4n) is 1.70. The van der Waals surface area contributed by atoms with Gasteiger partial charge >= 0.3 is 5.97 Å². The number of nitrogens with zero attached hydrogens (tertiary/aromatic N) is 2. The summed E-state index contributed by atoms with van der Waals surface area (Å²) in [5, 5.41) is 0.806. The second-order valence-corrected chi connectivity index (χ2v) is 4.89. The summed E-state index contributed by atoms with van der Waals surface area (Å²) in [4.78, 5) is 32.6. The molecule has 0 aliphatic heterocycles. The minimum absolute atomic E-state index is 0.183. The lowest BCUT2D eigenvalue weighted by Crippen LogP contribution is -2.11. The maximum Gasteiger partial charge on any atom is 0.340 e. The van der Waals surface area contributed by atoms with Crippen LogP contribution in [0.15, 0.2) is 6.20 Å². The first kappa shape index (κ1) is 12.6. The second-order valence-electron chi connectivity index (χ2n) is 3.71. The van der Waals surface area contributed by atoms with Gasteiger partial charge in [-0.3, -0.25) is 4.79 Å². The van der Waals surface area contributed by atoms with Crippen LogP contribution in [-0.2, 0) is 4.74 Å². The summed E-state index contributed by atoms with van der Waals surface area (Å²) in [6.45, 7) is 5.21. The van der Waals surface area contributed by atoms with Gasteiger partial charge in [0.2, 0.25) is 0 Å². The van der Waals surface area contributed by atoms with Crippen molar-refractivity contribution in [2.75, 3.05) is 6.61 Å². The standard InChI is InChI=1S/C12H12N2O3S/c1-4-17-12(16)8-5-13-11-10(9(8)6(2)15)14-7(3)18-11/h5H,4H2,1-3H3. The summed E-state index contributed by atoms with van der Waals surface area (Å²) in [6, 6.07) is 0. The fourth-order valence-corrected chi connectivity index (χ4v) is 2.47. The van der Waals surface area contributed by atoms with Crippen LogP contribution in [0.1, 0.15) is 39.6 Å². The Morgan fingerprint density at radius 1 is 1.44 bits per heavy atom. The molecule has 0 unspecified atom stereocenters. The SMILES string of the molecule is CCOC(=O)c1cnc2sc(C)nc2c1C(C)=O. The molecule has 2 heterocycles. The van der Waals surface area contributed by atoms with Crippen LogP contribution in [0.25, 0.3) is 10.3 Å². The first-order chi connectivity index (χ1) is 8.54. The molecule has 0 radical (unpaired) electrons. The van der Waals surface area contributed by atoms with Crippen molar-refractivity contribution in [3.8, 4) is 0 Å². The van der Waals surface area contributed by atoms with E-state index in [1.165, 1.54) is 24.5 Å². The first-order valence-electron chi connectivity index (χ1n) is 5.48. The van der Waals surface area contributed by atoms with Gasteiger partial charge in [-0.1, -0.05) is 11.3 Å². The number of aromatic nitrogens is 2. The number of carbonyl (C=O) groups is 2. The lowest BCUT2D eigenvalue weighted by molar-refractivity contribution is 0.0523. The number of fused-ring (bicyclic) bond motifs is 1. The third kappa shape index (κ3) is 2.11. The molecule has 94 valence electrons. The summed E-state index contributed by atoms with van der Waals surface area (Å²) in [7, 11) is 0. The number of thiazole rings is 1. The van der Waals surface area contributed by atoms with Crippen LogP contribution in [0, 0.1) is 6.92 Å². The molecule has 0 saturated heterocycles. The van der Waals surface area contributed by atoms with Crippen molar-refractivity contribution in [2.45, 2.75) is 20.8 Å². The lowest BCUT2D eigenvalue weighted by atomic mass is 10.1. The van der Waals surface area contributed by atoms with Crippen LogP contribution < -0.4 is 0 Å². The monoisotopic (exact) mass is 264 g/mol. The van der Waals surface area contributed by atoms with Crippen molar-refractivity contribution in [1.82, 2.24) is 9.97 Å². The van der Waals surface area contributed by atoms with Crippen molar-refractivity contribution in [1.29, 1.82) is 0 Å². The minimum atomic E-state index is -0.539. The zero-order valence-corrected chi connectivity index (χ0v) is 11.1. The third-order valence-corrected chi connectivity index (χ3v) is 3.26. The number of rotatable bonds is 3. The highest BCUT2D eigenvalue weighted by molar-refractivity contribution is 7.18. The van der Waals surface area contributed by atoms with Crippen LogP contribution in [0.4, 0.5) is 0 Å². The highest BCUT2D eigenvalue weighted by Crippen LogP contribution is 2.25. The van der Waals surface area contributed by atoms with Gasteiger partial charge < -0.3 is 4.74 Å². The maximum absolute atomic E-state index is 11.8. The summed E-state index contributed by atoms with van der Waals surface area (Å²) < 4.78 is 4.92. The van der Waals surface area contributed by atoms with Gasteiger partial charge in [0.05, 0.1) is 22.7 Å².